The molecule has 0 aliphatic rings. The van der Waals surface area contributed by atoms with Crippen molar-refractivity contribution in [1.82, 2.24) is 0 Å². The monoisotopic (exact) mass is 234 g/mol. The fourth-order valence-electron chi connectivity index (χ4n) is 1.36. The van der Waals surface area contributed by atoms with Crippen LogP contribution < -0.4 is 4.74 Å². The summed E-state index contributed by atoms with van der Waals surface area (Å²) in [5.74, 6) is 6.25. The van der Waals surface area contributed by atoms with Crippen LogP contribution in [0.4, 0.5) is 0 Å². The minimum absolute atomic E-state index is 0.107. The van der Waals surface area contributed by atoms with Crippen LogP contribution in [0.25, 0.3) is 0 Å². The highest BCUT2D eigenvalue weighted by Crippen LogP contribution is 2.15. The number of benzene rings is 1. The smallest absolute Gasteiger partial charge is 0.120 e. The first-order valence-corrected chi connectivity index (χ1v) is 5.61. The largest absolute Gasteiger partial charge is 0.491 e. The molecule has 0 aliphatic carbocycles. The van der Waals surface area contributed by atoms with Crippen LogP contribution in [0.2, 0.25) is 0 Å². The van der Waals surface area contributed by atoms with Crippen LogP contribution in [-0.2, 0) is 4.74 Å². The molecule has 1 unspecified atom stereocenters. The lowest BCUT2D eigenvalue weighted by Gasteiger charge is -2.14. The molecule has 0 radical (unpaired) electrons. The van der Waals surface area contributed by atoms with Crippen molar-refractivity contribution in [3.63, 3.8) is 0 Å². The van der Waals surface area contributed by atoms with Crippen molar-refractivity contribution in [2.45, 2.75) is 19.4 Å². The maximum atomic E-state index is 8.62. The molecule has 3 heteroatoms. The summed E-state index contributed by atoms with van der Waals surface area (Å²) < 4.78 is 10.7. The van der Waals surface area contributed by atoms with E-state index in [0.29, 0.717) is 6.61 Å². The molecule has 0 aromatic heterocycles. The summed E-state index contributed by atoms with van der Waals surface area (Å²) in [4.78, 5) is 0. The highest BCUT2D eigenvalue weighted by molar-refractivity contribution is 5.39. The van der Waals surface area contributed by atoms with Gasteiger partial charge >= 0.3 is 0 Å². The predicted octanol–water partition coefficient (Wildman–Crippen LogP) is 1.83. The van der Waals surface area contributed by atoms with Crippen molar-refractivity contribution in [2.75, 3.05) is 20.3 Å². The Hall–Kier alpha value is -1.50. The highest BCUT2D eigenvalue weighted by atomic mass is 16.5. The molecule has 0 fully saturated rings. The minimum atomic E-state index is -0.130. The first kappa shape index (κ1) is 13.6. The normalized spacial score (nSPS) is 11.5. The van der Waals surface area contributed by atoms with Crippen LogP contribution in [-0.4, -0.2) is 31.5 Å². The summed E-state index contributed by atoms with van der Waals surface area (Å²) in [6, 6.07) is 7.54. The summed E-state index contributed by atoms with van der Waals surface area (Å²) in [6.45, 7) is 2.56. The molecule has 1 aromatic carbocycles. The minimum Gasteiger partial charge on any atom is -0.491 e. The number of methoxy groups -OCH3 is 1. The number of hydrogen-bond donors (Lipinski definition) is 1. The number of ether oxygens (including phenoxy) is 2. The van der Waals surface area contributed by atoms with Crippen LogP contribution >= 0.6 is 0 Å². The van der Waals surface area contributed by atoms with Crippen LogP contribution in [0.1, 0.15) is 18.9 Å². The van der Waals surface area contributed by atoms with E-state index in [1.165, 1.54) is 0 Å². The van der Waals surface area contributed by atoms with Gasteiger partial charge in [-0.1, -0.05) is 17.9 Å². The topological polar surface area (TPSA) is 38.7 Å². The zero-order valence-corrected chi connectivity index (χ0v) is 10.3. The third-order valence-corrected chi connectivity index (χ3v) is 2.21. The summed E-state index contributed by atoms with van der Waals surface area (Å²) in [7, 11) is 1.68. The van der Waals surface area contributed by atoms with Crippen molar-refractivity contribution >= 4 is 0 Å². The van der Waals surface area contributed by atoms with Crippen molar-refractivity contribution < 1.29 is 14.6 Å². The predicted molar refractivity (Wildman–Crippen MR) is 67.0 cm³/mol. The fraction of sp³-hybridized carbons (Fsp3) is 0.429. The van der Waals surface area contributed by atoms with Crippen molar-refractivity contribution in [3.8, 4) is 17.6 Å². The second-order valence-corrected chi connectivity index (χ2v) is 3.70. The molecule has 0 amide bonds. The van der Waals surface area contributed by atoms with E-state index in [9.17, 15) is 0 Å². The van der Waals surface area contributed by atoms with Gasteiger partial charge in [-0.05, 0) is 25.1 Å². The molecule has 92 valence electrons. The van der Waals surface area contributed by atoms with Gasteiger partial charge in [0.25, 0.3) is 0 Å². The zero-order valence-electron chi connectivity index (χ0n) is 10.3. The van der Waals surface area contributed by atoms with E-state index in [-0.39, 0.29) is 12.7 Å². The summed E-state index contributed by atoms with van der Waals surface area (Å²) in [5.41, 5.74) is 0.843. The molecule has 0 spiro atoms. The Bertz CT molecular complexity index is 390. The highest BCUT2D eigenvalue weighted by Gasteiger charge is 2.03. The molecule has 0 aliphatic heterocycles. The van der Waals surface area contributed by atoms with E-state index in [1.54, 1.807) is 7.11 Å². The van der Waals surface area contributed by atoms with E-state index in [2.05, 4.69) is 11.8 Å². The third-order valence-electron chi connectivity index (χ3n) is 2.21. The van der Waals surface area contributed by atoms with Gasteiger partial charge < -0.3 is 14.6 Å². The van der Waals surface area contributed by atoms with Gasteiger partial charge in [-0.25, -0.2) is 0 Å². The van der Waals surface area contributed by atoms with Gasteiger partial charge in [0.1, 0.15) is 12.4 Å². The first-order chi connectivity index (χ1) is 8.26. The van der Waals surface area contributed by atoms with Gasteiger partial charge in [0.15, 0.2) is 0 Å². The van der Waals surface area contributed by atoms with Crippen molar-refractivity contribution in [2.24, 2.45) is 0 Å². The number of aliphatic hydroxyl groups excluding tert-OH is 1. The Labute approximate surface area is 102 Å². The van der Waals surface area contributed by atoms with Gasteiger partial charge in [-0.2, -0.15) is 0 Å². The third kappa shape index (κ3) is 5.39. The molecular weight excluding hydrogens is 216 g/mol. The fourth-order valence-corrected chi connectivity index (χ4v) is 1.36. The molecule has 0 bridgehead atoms. The van der Waals surface area contributed by atoms with E-state index in [4.69, 9.17) is 14.6 Å². The van der Waals surface area contributed by atoms with Gasteiger partial charge in [-0.3, -0.25) is 0 Å². The van der Waals surface area contributed by atoms with Crippen LogP contribution in [0.5, 0.6) is 5.75 Å². The molecule has 1 rings (SSSR count). The standard InChI is InChI=1S/C14H18O3/c1-12(8-10-16-2)17-14-7-3-5-13(11-14)6-4-9-15/h3,5,7,11-12,15H,8-10H2,1-2H3. The summed E-state index contributed by atoms with van der Waals surface area (Å²) in [6.07, 6.45) is 0.958. The summed E-state index contributed by atoms with van der Waals surface area (Å²) >= 11 is 0. The lowest BCUT2D eigenvalue weighted by Crippen LogP contribution is -2.14. The SMILES string of the molecule is COCCC(C)Oc1cccc(C#CCO)c1. The second kappa shape index (κ2) is 7.72. The van der Waals surface area contributed by atoms with E-state index >= 15 is 0 Å². The Morgan fingerprint density at radius 1 is 1.41 bits per heavy atom. The number of aliphatic hydroxyl groups is 1. The molecule has 1 aromatic rings. The zero-order chi connectivity index (χ0) is 12.5. The Morgan fingerprint density at radius 3 is 2.94 bits per heavy atom. The van der Waals surface area contributed by atoms with Crippen molar-refractivity contribution in [3.05, 3.63) is 29.8 Å². The van der Waals surface area contributed by atoms with Gasteiger partial charge in [0.2, 0.25) is 0 Å². The van der Waals surface area contributed by atoms with Crippen LogP contribution in [0.15, 0.2) is 24.3 Å². The average molecular weight is 234 g/mol. The molecule has 0 saturated carbocycles. The lowest BCUT2D eigenvalue weighted by molar-refractivity contribution is 0.135. The second-order valence-electron chi connectivity index (χ2n) is 3.70. The molecule has 1 N–H and O–H groups in total. The maximum Gasteiger partial charge on any atom is 0.120 e. The molecule has 0 heterocycles. The summed E-state index contributed by atoms with van der Waals surface area (Å²) in [5, 5.41) is 8.62. The Morgan fingerprint density at radius 2 is 2.24 bits per heavy atom. The molecule has 1 atom stereocenters. The average Bonchev–Trinajstić information content (AvgIpc) is 2.34. The quantitative estimate of drug-likeness (QED) is 0.790. The molecular formula is C14H18O3. The number of hydrogen-bond acceptors (Lipinski definition) is 3. The van der Waals surface area contributed by atoms with Gasteiger partial charge in [-0.15, -0.1) is 0 Å². The molecule has 0 saturated heterocycles. The van der Waals surface area contributed by atoms with Crippen LogP contribution in [0.3, 0.4) is 0 Å². The van der Waals surface area contributed by atoms with E-state index in [1.807, 2.05) is 31.2 Å². The first-order valence-electron chi connectivity index (χ1n) is 5.61. The van der Waals surface area contributed by atoms with Crippen molar-refractivity contribution in [1.29, 1.82) is 0 Å². The van der Waals surface area contributed by atoms with E-state index in [0.717, 1.165) is 17.7 Å². The lowest BCUT2D eigenvalue weighted by atomic mass is 10.2. The van der Waals surface area contributed by atoms with Gasteiger partial charge in [0, 0.05) is 25.7 Å². The molecule has 17 heavy (non-hydrogen) atoms. The maximum absolute atomic E-state index is 8.62. The molecule has 3 nitrogen and oxygen atoms in total. The Kier molecular flexibility index (Phi) is 6.16. The van der Waals surface area contributed by atoms with Gasteiger partial charge in [0.05, 0.1) is 6.10 Å². The van der Waals surface area contributed by atoms with Crippen LogP contribution in [0, 0.1) is 11.8 Å². The van der Waals surface area contributed by atoms with E-state index < -0.39 is 0 Å². The number of rotatable bonds is 5. The Balaban J connectivity index is 2.59.